The number of ether oxygens (including phenoxy) is 1. The number of rotatable bonds is 3. The number of imide groups is 1. The molecule has 5 nitrogen and oxygen atoms in total. The van der Waals surface area contributed by atoms with Gasteiger partial charge in [-0.25, -0.2) is 9.69 Å². The standard InChI is InChI=1S/C22H17NO4S/c24-20-18-11-7-8-12(14-10-13(11)14)19(18)21(25)23(20)15-4-1-2-5-16(15)27-22(26)17-6-3-9-28-17/h1-9,11-14,18-19H,10H2/t11-,12+,13-,14-,18+,19-/m1/s1. The Morgan fingerprint density at radius 2 is 1.64 bits per heavy atom. The lowest BCUT2D eigenvalue weighted by molar-refractivity contribution is -0.124. The Labute approximate surface area is 165 Å². The third-order valence-electron chi connectivity index (χ3n) is 6.69. The van der Waals surface area contributed by atoms with E-state index in [1.54, 1.807) is 41.8 Å². The summed E-state index contributed by atoms with van der Waals surface area (Å²) in [5, 5.41) is 1.80. The molecule has 1 aromatic heterocycles. The smallest absolute Gasteiger partial charge is 0.353 e. The fraction of sp³-hybridized carbons (Fsp3) is 0.318. The minimum atomic E-state index is -0.484. The van der Waals surface area contributed by atoms with E-state index in [0.29, 0.717) is 22.4 Å². The maximum absolute atomic E-state index is 13.3. The van der Waals surface area contributed by atoms with E-state index < -0.39 is 5.97 Å². The molecule has 5 aliphatic rings. The minimum Gasteiger partial charge on any atom is -0.420 e. The number of hydrogen-bond acceptors (Lipinski definition) is 5. The second kappa shape index (κ2) is 5.64. The van der Waals surface area contributed by atoms with Crippen molar-refractivity contribution in [3.05, 3.63) is 58.8 Å². The molecule has 7 rings (SSSR count). The minimum absolute atomic E-state index is 0.153. The van der Waals surface area contributed by atoms with Gasteiger partial charge in [0.15, 0.2) is 5.75 Å². The molecule has 0 unspecified atom stereocenters. The van der Waals surface area contributed by atoms with Gasteiger partial charge in [0.1, 0.15) is 4.88 Å². The number of nitrogens with zero attached hydrogens (tertiary/aromatic N) is 1. The number of carbonyl (C=O) groups excluding carboxylic acids is 3. The van der Waals surface area contributed by atoms with Gasteiger partial charge >= 0.3 is 5.97 Å². The molecule has 2 bridgehead atoms. The lowest BCUT2D eigenvalue weighted by atomic mass is 9.63. The molecule has 2 amide bonds. The Balaban J connectivity index is 1.36. The number of benzene rings is 1. The summed E-state index contributed by atoms with van der Waals surface area (Å²) in [7, 11) is 0. The Hall–Kier alpha value is -2.73. The van der Waals surface area contributed by atoms with Crippen LogP contribution in [-0.2, 0) is 9.59 Å². The molecule has 4 aliphatic carbocycles. The first-order chi connectivity index (χ1) is 13.6. The largest absolute Gasteiger partial charge is 0.420 e. The zero-order valence-corrected chi connectivity index (χ0v) is 15.7. The van der Waals surface area contributed by atoms with E-state index in [1.165, 1.54) is 16.2 Å². The highest BCUT2D eigenvalue weighted by molar-refractivity contribution is 7.12. The van der Waals surface area contributed by atoms with Crippen molar-refractivity contribution in [1.29, 1.82) is 0 Å². The van der Waals surface area contributed by atoms with Crippen LogP contribution in [0.15, 0.2) is 53.9 Å². The number of hydrogen-bond donors (Lipinski definition) is 0. The summed E-state index contributed by atoms with van der Waals surface area (Å²) in [5.41, 5.74) is 0.366. The van der Waals surface area contributed by atoms with E-state index in [1.807, 2.05) is 0 Å². The van der Waals surface area contributed by atoms with Gasteiger partial charge in [-0.1, -0.05) is 30.4 Å². The van der Waals surface area contributed by atoms with Crippen LogP contribution in [0.2, 0.25) is 0 Å². The van der Waals surface area contributed by atoms with E-state index in [9.17, 15) is 14.4 Å². The van der Waals surface area contributed by atoms with Gasteiger partial charge in [-0.15, -0.1) is 11.3 Å². The van der Waals surface area contributed by atoms with Gasteiger partial charge < -0.3 is 4.74 Å². The van der Waals surface area contributed by atoms with Crippen LogP contribution in [0.5, 0.6) is 5.75 Å². The zero-order chi connectivity index (χ0) is 19.0. The normalized spacial score (nSPS) is 34.4. The lowest BCUT2D eigenvalue weighted by Gasteiger charge is -2.37. The summed E-state index contributed by atoms with van der Waals surface area (Å²) >= 11 is 1.29. The highest BCUT2D eigenvalue weighted by Gasteiger charge is 2.67. The van der Waals surface area contributed by atoms with E-state index in [-0.39, 0.29) is 41.2 Å². The number of thiophene rings is 1. The molecule has 0 radical (unpaired) electrons. The summed E-state index contributed by atoms with van der Waals surface area (Å²) in [6, 6.07) is 10.3. The first-order valence-electron chi connectivity index (χ1n) is 9.56. The van der Waals surface area contributed by atoms with Crippen molar-refractivity contribution in [2.24, 2.45) is 35.5 Å². The third-order valence-corrected chi connectivity index (χ3v) is 7.54. The molecule has 3 fully saturated rings. The van der Waals surface area contributed by atoms with Gasteiger partial charge in [-0.3, -0.25) is 9.59 Å². The summed E-state index contributed by atoms with van der Waals surface area (Å²) in [6.45, 7) is 0. The van der Waals surface area contributed by atoms with E-state index >= 15 is 0 Å². The summed E-state index contributed by atoms with van der Waals surface area (Å²) in [4.78, 5) is 40.8. The van der Waals surface area contributed by atoms with Crippen LogP contribution < -0.4 is 9.64 Å². The van der Waals surface area contributed by atoms with Crippen molar-refractivity contribution < 1.29 is 19.1 Å². The Kier molecular flexibility index (Phi) is 3.27. The van der Waals surface area contributed by atoms with Crippen LogP contribution in [0.1, 0.15) is 16.1 Å². The maximum Gasteiger partial charge on any atom is 0.353 e. The van der Waals surface area contributed by atoms with Crippen LogP contribution in [-0.4, -0.2) is 17.8 Å². The highest BCUT2D eigenvalue weighted by Crippen LogP contribution is 2.65. The predicted molar refractivity (Wildman–Crippen MR) is 103 cm³/mol. The molecule has 2 saturated carbocycles. The van der Waals surface area contributed by atoms with Crippen molar-refractivity contribution in [2.45, 2.75) is 6.42 Å². The van der Waals surface area contributed by atoms with Crippen molar-refractivity contribution >= 4 is 34.8 Å². The quantitative estimate of drug-likeness (QED) is 0.348. The summed E-state index contributed by atoms with van der Waals surface area (Å²) in [6.07, 6.45) is 5.43. The molecule has 1 aromatic carbocycles. The zero-order valence-electron chi connectivity index (χ0n) is 14.9. The molecule has 2 heterocycles. The summed E-state index contributed by atoms with van der Waals surface area (Å²) in [5.74, 6) is 0.358. The molecule has 2 aromatic rings. The van der Waals surface area contributed by atoms with Crippen molar-refractivity contribution in [1.82, 2.24) is 0 Å². The maximum atomic E-state index is 13.3. The Morgan fingerprint density at radius 3 is 2.29 bits per heavy atom. The van der Waals surface area contributed by atoms with Crippen LogP contribution in [0.3, 0.4) is 0 Å². The van der Waals surface area contributed by atoms with Crippen LogP contribution in [0.4, 0.5) is 5.69 Å². The molecule has 1 aliphatic heterocycles. The van der Waals surface area contributed by atoms with Crippen molar-refractivity contribution in [2.75, 3.05) is 4.90 Å². The Morgan fingerprint density at radius 1 is 0.964 bits per heavy atom. The molecule has 0 spiro atoms. The fourth-order valence-corrected chi connectivity index (χ4v) is 6.07. The number of amides is 2. The molecular weight excluding hydrogens is 374 g/mol. The molecule has 6 heteroatoms. The number of carbonyl (C=O) groups is 3. The molecular formula is C22H17NO4S. The van der Waals surface area contributed by atoms with Gasteiger partial charge in [0.05, 0.1) is 17.5 Å². The van der Waals surface area contributed by atoms with Crippen LogP contribution >= 0.6 is 11.3 Å². The molecule has 0 N–H and O–H groups in total. The first kappa shape index (κ1) is 16.2. The number of allylic oxidation sites excluding steroid dienone is 2. The van der Waals surface area contributed by atoms with Gasteiger partial charge in [0.25, 0.3) is 0 Å². The van der Waals surface area contributed by atoms with Gasteiger partial charge in [-0.2, -0.15) is 0 Å². The average molecular weight is 391 g/mol. The molecule has 6 atom stereocenters. The third kappa shape index (κ3) is 2.09. The van der Waals surface area contributed by atoms with E-state index in [2.05, 4.69) is 12.2 Å². The number of esters is 1. The lowest BCUT2D eigenvalue weighted by Crippen LogP contribution is -2.40. The van der Waals surface area contributed by atoms with E-state index in [0.717, 1.165) is 6.42 Å². The van der Waals surface area contributed by atoms with Crippen LogP contribution in [0.25, 0.3) is 0 Å². The predicted octanol–water partition coefficient (Wildman–Crippen LogP) is 3.52. The monoisotopic (exact) mass is 391 g/mol. The van der Waals surface area contributed by atoms with Crippen molar-refractivity contribution in [3.8, 4) is 5.75 Å². The molecule has 28 heavy (non-hydrogen) atoms. The van der Waals surface area contributed by atoms with E-state index in [4.69, 9.17) is 4.74 Å². The number of para-hydroxylation sites is 2. The second-order valence-electron chi connectivity index (χ2n) is 8.00. The molecule has 1 saturated heterocycles. The Bertz CT molecular complexity index is 1010. The van der Waals surface area contributed by atoms with Crippen molar-refractivity contribution in [3.63, 3.8) is 0 Å². The van der Waals surface area contributed by atoms with Gasteiger partial charge in [0.2, 0.25) is 11.8 Å². The SMILES string of the molecule is O=C(Oc1ccccc1N1C(=O)[C@@H]2[C@H]3C=C[C@H]([C@H]4C[C@H]34)[C@@H]2C1=O)c1cccs1. The number of anilines is 1. The fourth-order valence-electron chi connectivity index (χ4n) is 5.47. The second-order valence-corrected chi connectivity index (χ2v) is 8.95. The topological polar surface area (TPSA) is 63.7 Å². The van der Waals surface area contributed by atoms with Gasteiger partial charge in [-0.05, 0) is 53.7 Å². The van der Waals surface area contributed by atoms with Gasteiger partial charge in [0, 0.05) is 0 Å². The average Bonchev–Trinajstić information content (AvgIpc) is 3.27. The highest BCUT2D eigenvalue weighted by atomic mass is 32.1. The summed E-state index contributed by atoms with van der Waals surface area (Å²) < 4.78 is 5.56. The first-order valence-corrected chi connectivity index (χ1v) is 10.4. The van der Waals surface area contributed by atoms with Crippen LogP contribution in [0, 0.1) is 35.5 Å². The molecule has 140 valence electrons.